The molecule has 0 radical (unpaired) electrons. The number of carboxylic acids is 1. The Morgan fingerprint density at radius 3 is 2.50 bits per heavy atom. The van der Waals surface area contributed by atoms with Gasteiger partial charge in [-0.2, -0.15) is 0 Å². The summed E-state index contributed by atoms with van der Waals surface area (Å²) in [7, 11) is 2.30. The Kier molecular flexibility index (Phi) is 2.24. The molecule has 0 bridgehead atoms. The molecule has 58 valence electrons. The monoisotopic (exact) mass is 163 g/mol. The fourth-order valence-electron chi connectivity index (χ4n) is 1.08. The number of carbonyl (C=O) groups is 1. The van der Waals surface area contributed by atoms with Gasteiger partial charge in [-0.25, -0.2) is 0 Å². The smallest absolute Gasteiger partial charge is 0.321 e. The summed E-state index contributed by atoms with van der Waals surface area (Å²) < 4.78 is 1.56. The number of aliphatic hydroxyl groups is 1. The number of β-amino-alcohol motifs (C(OH)–C–C–N with tert-alkyl or cyclic N) is 1. The summed E-state index contributed by atoms with van der Waals surface area (Å²) >= 11 is 0. The van der Waals surface area contributed by atoms with Crippen LogP contribution in [0.2, 0.25) is 0 Å². The van der Waals surface area contributed by atoms with Crippen LogP contribution in [-0.4, -0.2) is 39.5 Å². The maximum Gasteiger partial charge on any atom is 0.321 e. The van der Waals surface area contributed by atoms with E-state index in [2.05, 4.69) is 9.39 Å². The largest absolute Gasteiger partial charge is 0.480 e. The highest BCUT2D eigenvalue weighted by atomic mass is 31.0. The molecule has 0 aromatic carbocycles. The fraction of sp³-hybridized carbons (Fsp3) is 0.800. The van der Waals surface area contributed by atoms with Gasteiger partial charge in [0, 0.05) is 13.0 Å². The molecule has 0 spiro atoms. The Bertz CT molecular complexity index is 152. The first-order valence-electron chi connectivity index (χ1n) is 3.03. The highest BCUT2D eigenvalue weighted by Crippen LogP contribution is 2.21. The van der Waals surface area contributed by atoms with E-state index in [1.165, 1.54) is 0 Å². The summed E-state index contributed by atoms with van der Waals surface area (Å²) in [6, 6.07) is -0.528. The van der Waals surface area contributed by atoms with Crippen LogP contribution in [0.5, 0.6) is 0 Å². The summed E-state index contributed by atoms with van der Waals surface area (Å²) in [5, 5.41) is 17.5. The molecule has 0 saturated carbocycles. The Balaban J connectivity index is 2.54. The second-order valence-corrected chi connectivity index (χ2v) is 3.10. The van der Waals surface area contributed by atoms with Gasteiger partial charge in [-0.3, -0.25) is 9.46 Å². The molecular formula is C5H10NO3P. The number of rotatable bonds is 1. The summed E-state index contributed by atoms with van der Waals surface area (Å²) in [5.74, 6) is -0.869. The number of hydrogen-bond acceptors (Lipinski definition) is 3. The molecule has 1 aliphatic heterocycles. The molecule has 0 aromatic rings. The van der Waals surface area contributed by atoms with E-state index in [4.69, 9.17) is 10.2 Å². The number of carboxylic acid groups (broad SMARTS) is 1. The predicted octanol–water partition coefficient (Wildman–Crippen LogP) is -0.704. The standard InChI is InChI=1S/C5H10NO3P/c7-3-1-4(5(8)9)6(10)2-3/h3-4,7H,1-2,10H2,(H,8,9)/t3-,4?/m1/s1. The zero-order valence-corrected chi connectivity index (χ0v) is 6.55. The number of aliphatic carboxylic acids is 1. The SMILES string of the molecule is O=C(O)C1C[C@@H](O)CN1P. The van der Waals surface area contributed by atoms with Crippen molar-refractivity contribution in [1.29, 1.82) is 0 Å². The fourth-order valence-corrected chi connectivity index (χ4v) is 1.57. The molecule has 0 aliphatic carbocycles. The number of nitrogens with zero attached hydrogens (tertiary/aromatic N) is 1. The molecule has 1 heterocycles. The zero-order chi connectivity index (χ0) is 7.72. The van der Waals surface area contributed by atoms with Crippen molar-refractivity contribution in [2.24, 2.45) is 0 Å². The van der Waals surface area contributed by atoms with Gasteiger partial charge in [0.15, 0.2) is 0 Å². The lowest BCUT2D eigenvalue weighted by Crippen LogP contribution is -2.28. The van der Waals surface area contributed by atoms with Crippen molar-refractivity contribution in [2.75, 3.05) is 6.54 Å². The topological polar surface area (TPSA) is 60.8 Å². The van der Waals surface area contributed by atoms with Gasteiger partial charge in [0.1, 0.15) is 6.04 Å². The summed E-state index contributed by atoms with van der Waals surface area (Å²) in [5.41, 5.74) is 0. The van der Waals surface area contributed by atoms with Crippen LogP contribution in [0.4, 0.5) is 0 Å². The van der Waals surface area contributed by atoms with Crippen molar-refractivity contribution < 1.29 is 15.0 Å². The lowest BCUT2D eigenvalue weighted by atomic mass is 10.2. The first kappa shape index (κ1) is 7.92. The molecule has 1 aliphatic rings. The Hall–Kier alpha value is -0.180. The van der Waals surface area contributed by atoms with Gasteiger partial charge in [-0.05, 0) is 0 Å². The van der Waals surface area contributed by atoms with E-state index in [9.17, 15) is 4.79 Å². The van der Waals surface area contributed by atoms with Crippen LogP contribution < -0.4 is 0 Å². The van der Waals surface area contributed by atoms with E-state index in [1.54, 1.807) is 4.67 Å². The van der Waals surface area contributed by atoms with Crippen molar-refractivity contribution in [1.82, 2.24) is 4.67 Å². The van der Waals surface area contributed by atoms with E-state index in [0.29, 0.717) is 13.0 Å². The Morgan fingerprint density at radius 1 is 1.70 bits per heavy atom. The predicted molar refractivity (Wildman–Crippen MR) is 38.5 cm³/mol. The molecule has 4 nitrogen and oxygen atoms in total. The third-order valence-corrected chi connectivity index (χ3v) is 2.17. The maximum atomic E-state index is 10.4. The highest BCUT2D eigenvalue weighted by molar-refractivity contribution is 7.13. The van der Waals surface area contributed by atoms with Crippen LogP contribution >= 0.6 is 9.39 Å². The highest BCUT2D eigenvalue weighted by Gasteiger charge is 2.33. The Labute approximate surface area is 61.1 Å². The van der Waals surface area contributed by atoms with E-state index < -0.39 is 18.1 Å². The summed E-state index contributed by atoms with van der Waals surface area (Å²) in [6.07, 6.45) is -0.155. The molecular weight excluding hydrogens is 153 g/mol. The quantitative estimate of drug-likeness (QED) is 0.501. The lowest BCUT2D eigenvalue weighted by Gasteiger charge is -2.12. The zero-order valence-electron chi connectivity index (χ0n) is 5.40. The van der Waals surface area contributed by atoms with Gasteiger partial charge in [0.25, 0.3) is 0 Å². The first-order valence-corrected chi connectivity index (χ1v) is 3.55. The third kappa shape index (κ3) is 1.45. The van der Waals surface area contributed by atoms with E-state index in [1.807, 2.05) is 0 Å². The minimum Gasteiger partial charge on any atom is -0.480 e. The molecule has 0 amide bonds. The summed E-state index contributed by atoms with van der Waals surface area (Å²) in [6.45, 7) is 0.432. The summed E-state index contributed by atoms with van der Waals surface area (Å²) in [4.78, 5) is 10.4. The van der Waals surface area contributed by atoms with E-state index in [-0.39, 0.29) is 0 Å². The molecule has 3 atom stereocenters. The average Bonchev–Trinajstić information content (AvgIpc) is 2.10. The van der Waals surface area contributed by atoms with Gasteiger partial charge >= 0.3 is 5.97 Å². The molecule has 0 aromatic heterocycles. The normalized spacial score (nSPS) is 34.6. The molecule has 1 saturated heterocycles. The van der Waals surface area contributed by atoms with Crippen LogP contribution in [0.15, 0.2) is 0 Å². The molecule has 2 N–H and O–H groups in total. The van der Waals surface area contributed by atoms with Crippen molar-refractivity contribution in [3.63, 3.8) is 0 Å². The van der Waals surface area contributed by atoms with Crippen LogP contribution in [-0.2, 0) is 4.79 Å². The average molecular weight is 163 g/mol. The second-order valence-electron chi connectivity index (χ2n) is 2.44. The first-order chi connectivity index (χ1) is 4.61. The molecule has 2 unspecified atom stereocenters. The van der Waals surface area contributed by atoms with Crippen molar-refractivity contribution in [3.05, 3.63) is 0 Å². The second kappa shape index (κ2) is 2.82. The van der Waals surface area contributed by atoms with Gasteiger partial charge < -0.3 is 10.2 Å². The van der Waals surface area contributed by atoms with Gasteiger partial charge in [-0.1, -0.05) is 9.39 Å². The number of aliphatic hydroxyl groups excluding tert-OH is 1. The Morgan fingerprint density at radius 2 is 2.30 bits per heavy atom. The van der Waals surface area contributed by atoms with E-state index >= 15 is 0 Å². The minimum absolute atomic E-state index is 0.332. The minimum atomic E-state index is -0.869. The van der Waals surface area contributed by atoms with E-state index in [0.717, 1.165) is 0 Å². The lowest BCUT2D eigenvalue weighted by molar-refractivity contribution is -0.140. The molecule has 1 fully saturated rings. The van der Waals surface area contributed by atoms with Gasteiger partial charge in [0.2, 0.25) is 0 Å². The molecule has 10 heavy (non-hydrogen) atoms. The van der Waals surface area contributed by atoms with Crippen LogP contribution in [0.3, 0.4) is 0 Å². The molecule has 1 rings (SSSR count). The van der Waals surface area contributed by atoms with Crippen molar-refractivity contribution >= 4 is 15.4 Å². The van der Waals surface area contributed by atoms with Gasteiger partial charge in [-0.15, -0.1) is 0 Å². The molecule has 5 heteroatoms. The number of hydrogen-bond donors (Lipinski definition) is 2. The van der Waals surface area contributed by atoms with Crippen molar-refractivity contribution in [3.8, 4) is 0 Å². The maximum absolute atomic E-state index is 10.4. The van der Waals surface area contributed by atoms with Gasteiger partial charge in [0.05, 0.1) is 6.10 Å². The van der Waals surface area contributed by atoms with Crippen molar-refractivity contribution in [2.45, 2.75) is 18.6 Å². The third-order valence-electron chi connectivity index (χ3n) is 1.60. The van der Waals surface area contributed by atoms with Crippen LogP contribution in [0.25, 0.3) is 0 Å². The van der Waals surface area contributed by atoms with Crippen LogP contribution in [0.1, 0.15) is 6.42 Å². The van der Waals surface area contributed by atoms with Crippen LogP contribution in [0, 0.1) is 0 Å².